The molecule has 0 fully saturated rings. The third-order valence-electron chi connectivity index (χ3n) is 4.47. The van der Waals surface area contributed by atoms with Crippen LogP contribution in [0, 0.1) is 0 Å². The number of aromatic nitrogens is 3. The molecule has 0 N–H and O–H groups in total. The highest BCUT2D eigenvalue weighted by Gasteiger charge is 2.31. The first kappa shape index (κ1) is 16.2. The molecule has 26 heavy (non-hydrogen) atoms. The monoisotopic (exact) mass is 346 g/mol. The highest BCUT2D eigenvalue weighted by atomic mass is 16.5. The van der Waals surface area contributed by atoms with Crippen LogP contribution < -0.4 is 4.74 Å². The van der Waals surface area contributed by atoms with Crippen LogP contribution in [0.2, 0.25) is 0 Å². The highest BCUT2D eigenvalue weighted by molar-refractivity contribution is 6.03. The van der Waals surface area contributed by atoms with Gasteiger partial charge in [0.05, 0.1) is 24.9 Å². The Hall–Kier alpha value is -3.28. The number of ether oxygens (including phenoxy) is 1. The standard InChI is InChI=1S/C20H18N4O2/c1-26-18-6-2-5-15(23-18)8-11-24-13-17-19(20(24)25)16(7-10-22-17)14-4-3-9-21-12-14/h2-7,9-10,12H,8,11,13H2,1H3. The molecular weight excluding hydrogens is 328 g/mol. The van der Waals surface area contributed by atoms with Crippen molar-refractivity contribution in [2.24, 2.45) is 0 Å². The number of rotatable bonds is 5. The van der Waals surface area contributed by atoms with Crippen molar-refractivity contribution in [1.29, 1.82) is 0 Å². The van der Waals surface area contributed by atoms with E-state index in [9.17, 15) is 4.79 Å². The summed E-state index contributed by atoms with van der Waals surface area (Å²) in [5.74, 6) is 0.592. The Labute approximate surface area is 151 Å². The van der Waals surface area contributed by atoms with Crippen LogP contribution in [0.15, 0.2) is 55.0 Å². The molecule has 0 aliphatic carbocycles. The smallest absolute Gasteiger partial charge is 0.256 e. The van der Waals surface area contributed by atoms with E-state index in [0.717, 1.165) is 22.5 Å². The average Bonchev–Trinajstić information content (AvgIpc) is 3.03. The van der Waals surface area contributed by atoms with Crippen molar-refractivity contribution in [3.8, 4) is 17.0 Å². The number of hydrogen-bond acceptors (Lipinski definition) is 5. The van der Waals surface area contributed by atoms with Crippen LogP contribution in [0.25, 0.3) is 11.1 Å². The molecule has 3 aromatic heterocycles. The van der Waals surface area contributed by atoms with Crippen molar-refractivity contribution in [2.75, 3.05) is 13.7 Å². The molecule has 1 aliphatic heterocycles. The first-order valence-corrected chi connectivity index (χ1v) is 8.44. The van der Waals surface area contributed by atoms with E-state index in [0.29, 0.717) is 31.0 Å². The molecule has 0 atom stereocenters. The fraction of sp³-hybridized carbons (Fsp3) is 0.200. The maximum Gasteiger partial charge on any atom is 0.256 e. The van der Waals surface area contributed by atoms with Gasteiger partial charge in [0.15, 0.2) is 0 Å². The van der Waals surface area contributed by atoms with Gasteiger partial charge in [-0.25, -0.2) is 4.98 Å². The van der Waals surface area contributed by atoms with E-state index in [1.807, 2.05) is 41.3 Å². The average molecular weight is 346 g/mol. The lowest BCUT2D eigenvalue weighted by Crippen LogP contribution is -2.26. The molecule has 4 rings (SSSR count). The number of hydrogen-bond donors (Lipinski definition) is 0. The molecule has 0 saturated carbocycles. The topological polar surface area (TPSA) is 68.2 Å². The molecule has 0 bridgehead atoms. The van der Waals surface area contributed by atoms with E-state index in [1.54, 1.807) is 25.7 Å². The van der Waals surface area contributed by atoms with Gasteiger partial charge in [-0.2, -0.15) is 0 Å². The van der Waals surface area contributed by atoms with E-state index < -0.39 is 0 Å². The van der Waals surface area contributed by atoms with Crippen molar-refractivity contribution in [2.45, 2.75) is 13.0 Å². The van der Waals surface area contributed by atoms with Gasteiger partial charge in [-0.15, -0.1) is 0 Å². The number of amides is 1. The zero-order valence-corrected chi connectivity index (χ0v) is 14.4. The molecule has 0 spiro atoms. The van der Waals surface area contributed by atoms with Gasteiger partial charge in [0.25, 0.3) is 5.91 Å². The Balaban J connectivity index is 1.55. The molecule has 0 aromatic carbocycles. The summed E-state index contributed by atoms with van der Waals surface area (Å²) in [5, 5.41) is 0. The van der Waals surface area contributed by atoms with Crippen LogP contribution in [-0.2, 0) is 13.0 Å². The molecule has 6 nitrogen and oxygen atoms in total. The minimum atomic E-state index is 0.00912. The number of nitrogens with zero attached hydrogens (tertiary/aromatic N) is 4. The first-order chi connectivity index (χ1) is 12.8. The predicted octanol–water partition coefficient (Wildman–Crippen LogP) is 2.75. The molecule has 3 aromatic rings. The normalized spacial score (nSPS) is 13.0. The lowest BCUT2D eigenvalue weighted by atomic mass is 10.0. The summed E-state index contributed by atoms with van der Waals surface area (Å²) in [7, 11) is 1.60. The van der Waals surface area contributed by atoms with Crippen LogP contribution in [0.4, 0.5) is 0 Å². The van der Waals surface area contributed by atoms with Crippen LogP contribution in [-0.4, -0.2) is 39.4 Å². The SMILES string of the molecule is COc1cccc(CCN2Cc3nccc(-c4cccnc4)c3C2=O)n1. The minimum absolute atomic E-state index is 0.00912. The maximum atomic E-state index is 13.0. The molecule has 0 saturated heterocycles. The summed E-state index contributed by atoms with van der Waals surface area (Å²) in [6.45, 7) is 1.11. The van der Waals surface area contributed by atoms with Crippen molar-refractivity contribution in [3.63, 3.8) is 0 Å². The van der Waals surface area contributed by atoms with Crippen LogP contribution >= 0.6 is 0 Å². The Kier molecular flexibility index (Phi) is 4.31. The predicted molar refractivity (Wildman–Crippen MR) is 96.7 cm³/mol. The summed E-state index contributed by atoms with van der Waals surface area (Å²) in [6, 6.07) is 11.4. The van der Waals surface area contributed by atoms with Gasteiger partial charge in [-0.05, 0) is 23.8 Å². The maximum absolute atomic E-state index is 13.0. The van der Waals surface area contributed by atoms with Crippen LogP contribution in [0.1, 0.15) is 21.7 Å². The first-order valence-electron chi connectivity index (χ1n) is 8.44. The van der Waals surface area contributed by atoms with Gasteiger partial charge in [0, 0.05) is 48.9 Å². The van der Waals surface area contributed by atoms with Gasteiger partial charge in [-0.3, -0.25) is 14.8 Å². The second-order valence-corrected chi connectivity index (χ2v) is 6.07. The van der Waals surface area contributed by atoms with Gasteiger partial charge >= 0.3 is 0 Å². The second-order valence-electron chi connectivity index (χ2n) is 6.07. The number of methoxy groups -OCH3 is 1. The van der Waals surface area contributed by atoms with Crippen molar-refractivity contribution >= 4 is 5.91 Å². The summed E-state index contributed by atoms with van der Waals surface area (Å²) in [4.78, 5) is 27.7. The van der Waals surface area contributed by atoms with Crippen molar-refractivity contribution in [1.82, 2.24) is 19.9 Å². The van der Waals surface area contributed by atoms with Gasteiger partial charge in [0.1, 0.15) is 0 Å². The number of carbonyl (C=O) groups excluding carboxylic acids is 1. The largest absolute Gasteiger partial charge is 0.481 e. The highest BCUT2D eigenvalue weighted by Crippen LogP contribution is 2.31. The quantitative estimate of drug-likeness (QED) is 0.710. The minimum Gasteiger partial charge on any atom is -0.481 e. The molecule has 4 heterocycles. The lowest BCUT2D eigenvalue weighted by Gasteiger charge is -2.15. The third kappa shape index (κ3) is 3.01. The number of carbonyl (C=O) groups is 1. The Morgan fingerprint density at radius 2 is 2.08 bits per heavy atom. The summed E-state index contributed by atoms with van der Waals surface area (Å²) in [6.07, 6.45) is 5.91. The van der Waals surface area contributed by atoms with Gasteiger partial charge in [-0.1, -0.05) is 12.1 Å². The lowest BCUT2D eigenvalue weighted by molar-refractivity contribution is 0.0780. The molecule has 130 valence electrons. The van der Waals surface area contributed by atoms with Crippen molar-refractivity contribution in [3.05, 3.63) is 71.9 Å². The molecule has 0 unspecified atom stereocenters. The molecule has 6 heteroatoms. The Morgan fingerprint density at radius 1 is 1.15 bits per heavy atom. The van der Waals surface area contributed by atoms with Gasteiger partial charge in [0.2, 0.25) is 5.88 Å². The number of pyridine rings is 3. The van der Waals surface area contributed by atoms with E-state index >= 15 is 0 Å². The van der Waals surface area contributed by atoms with Crippen LogP contribution in [0.5, 0.6) is 5.88 Å². The fourth-order valence-corrected chi connectivity index (χ4v) is 3.18. The van der Waals surface area contributed by atoms with E-state index in [1.165, 1.54) is 0 Å². The zero-order valence-electron chi connectivity index (χ0n) is 14.4. The van der Waals surface area contributed by atoms with E-state index in [4.69, 9.17) is 4.74 Å². The van der Waals surface area contributed by atoms with Gasteiger partial charge < -0.3 is 9.64 Å². The van der Waals surface area contributed by atoms with E-state index in [-0.39, 0.29) is 5.91 Å². The number of fused-ring (bicyclic) bond motifs is 1. The summed E-state index contributed by atoms with van der Waals surface area (Å²) in [5.41, 5.74) is 4.20. The third-order valence-corrected chi connectivity index (χ3v) is 4.47. The summed E-state index contributed by atoms with van der Waals surface area (Å²) >= 11 is 0. The molecule has 0 radical (unpaired) electrons. The molecule has 1 amide bonds. The van der Waals surface area contributed by atoms with Crippen molar-refractivity contribution < 1.29 is 9.53 Å². The van der Waals surface area contributed by atoms with E-state index in [2.05, 4.69) is 15.0 Å². The Morgan fingerprint density at radius 3 is 2.88 bits per heavy atom. The summed E-state index contributed by atoms with van der Waals surface area (Å²) < 4.78 is 5.16. The fourth-order valence-electron chi connectivity index (χ4n) is 3.18. The zero-order chi connectivity index (χ0) is 17.9. The molecule has 1 aliphatic rings. The Bertz CT molecular complexity index is 944. The second kappa shape index (κ2) is 6.92. The van der Waals surface area contributed by atoms with Crippen LogP contribution in [0.3, 0.4) is 0 Å². The molecular formula is C20H18N4O2.